The van der Waals surface area contributed by atoms with Crippen LogP contribution in [0.4, 0.5) is 0 Å². The van der Waals surface area contributed by atoms with Crippen molar-refractivity contribution in [2.24, 2.45) is 0 Å². The van der Waals surface area contributed by atoms with Gasteiger partial charge in [-0.3, -0.25) is 4.79 Å². The molecule has 0 saturated carbocycles. The number of hydrogen-bond acceptors (Lipinski definition) is 3. The molecule has 0 aliphatic carbocycles. The molecule has 4 heteroatoms. The van der Waals surface area contributed by atoms with Crippen LogP contribution in [0.3, 0.4) is 0 Å². The zero-order valence-corrected chi connectivity index (χ0v) is 10.0. The van der Waals surface area contributed by atoms with Gasteiger partial charge in [-0.25, -0.2) is 0 Å². The van der Waals surface area contributed by atoms with Crippen LogP contribution in [0.15, 0.2) is 0 Å². The normalized spacial score (nSPS) is 24.9. The van der Waals surface area contributed by atoms with Gasteiger partial charge in [-0.05, 0) is 27.3 Å². The topological polar surface area (TPSA) is 32.8 Å². The molecule has 2 fully saturated rings. The van der Waals surface area contributed by atoms with Crippen molar-refractivity contribution in [3.63, 3.8) is 0 Å². The summed E-state index contributed by atoms with van der Waals surface area (Å²) in [6.45, 7) is 8.98. The molecule has 0 aromatic rings. The number of likely N-dealkylation sites (N-methyl/N-ethyl adjacent to an activating group) is 1. The molecule has 0 radical (unpaired) electrons. The summed E-state index contributed by atoms with van der Waals surface area (Å²) in [5.41, 5.74) is 0.222. The third kappa shape index (κ3) is 4.62. The quantitative estimate of drug-likeness (QED) is 0.598. The Labute approximate surface area is 92.2 Å². The molecule has 2 saturated heterocycles. The SMILES string of the molecule is CC1(C)CCO1.CN1CCN(C=O)CC1. The first-order valence-corrected chi connectivity index (χ1v) is 5.55. The van der Waals surface area contributed by atoms with E-state index in [1.54, 1.807) is 4.90 Å². The highest BCUT2D eigenvalue weighted by atomic mass is 16.5. The maximum atomic E-state index is 10.2. The van der Waals surface area contributed by atoms with Gasteiger partial charge in [-0.15, -0.1) is 0 Å². The van der Waals surface area contributed by atoms with Gasteiger partial charge in [0.05, 0.1) is 12.2 Å². The molecular formula is C11H22N2O2. The Morgan fingerprint density at radius 2 is 1.67 bits per heavy atom. The van der Waals surface area contributed by atoms with Crippen LogP contribution in [0.25, 0.3) is 0 Å². The monoisotopic (exact) mass is 214 g/mol. The largest absolute Gasteiger partial charge is 0.375 e. The van der Waals surface area contributed by atoms with Crippen molar-refractivity contribution in [2.45, 2.75) is 25.9 Å². The van der Waals surface area contributed by atoms with Crippen molar-refractivity contribution < 1.29 is 9.53 Å². The Morgan fingerprint density at radius 3 is 1.93 bits per heavy atom. The molecule has 0 unspecified atom stereocenters. The number of ether oxygens (including phenoxy) is 1. The van der Waals surface area contributed by atoms with Crippen molar-refractivity contribution >= 4 is 6.41 Å². The highest BCUT2D eigenvalue weighted by Crippen LogP contribution is 2.23. The lowest BCUT2D eigenvalue weighted by atomic mass is 10.0. The fourth-order valence-corrected chi connectivity index (χ4v) is 1.44. The summed E-state index contributed by atoms with van der Waals surface area (Å²) < 4.78 is 5.12. The van der Waals surface area contributed by atoms with Crippen molar-refractivity contribution in [3.8, 4) is 0 Å². The van der Waals surface area contributed by atoms with Crippen LogP contribution in [0.1, 0.15) is 20.3 Å². The van der Waals surface area contributed by atoms with Gasteiger partial charge in [-0.1, -0.05) is 0 Å². The second kappa shape index (κ2) is 5.47. The second-order valence-corrected chi connectivity index (χ2v) is 4.80. The third-order valence-electron chi connectivity index (χ3n) is 2.88. The summed E-state index contributed by atoms with van der Waals surface area (Å²) >= 11 is 0. The minimum atomic E-state index is 0.222. The predicted molar refractivity (Wildman–Crippen MR) is 59.8 cm³/mol. The van der Waals surface area contributed by atoms with E-state index in [4.69, 9.17) is 4.74 Å². The van der Waals surface area contributed by atoms with Crippen LogP contribution >= 0.6 is 0 Å². The maximum absolute atomic E-state index is 10.2. The van der Waals surface area contributed by atoms with E-state index in [1.165, 1.54) is 6.42 Å². The van der Waals surface area contributed by atoms with E-state index in [9.17, 15) is 4.79 Å². The van der Waals surface area contributed by atoms with Crippen LogP contribution in [-0.4, -0.2) is 61.6 Å². The zero-order chi connectivity index (χ0) is 11.3. The minimum Gasteiger partial charge on any atom is -0.375 e. The summed E-state index contributed by atoms with van der Waals surface area (Å²) in [5, 5.41) is 0. The first-order chi connectivity index (χ1) is 7.03. The molecule has 2 aliphatic heterocycles. The number of nitrogens with zero attached hydrogens (tertiary/aromatic N) is 2. The van der Waals surface area contributed by atoms with E-state index >= 15 is 0 Å². The van der Waals surface area contributed by atoms with Gasteiger partial charge >= 0.3 is 0 Å². The molecule has 2 heterocycles. The molecule has 2 aliphatic rings. The van der Waals surface area contributed by atoms with Crippen molar-refractivity contribution in [1.82, 2.24) is 9.80 Å². The van der Waals surface area contributed by atoms with E-state index in [0.717, 1.165) is 39.2 Å². The average Bonchev–Trinajstić information content (AvgIpc) is 2.18. The van der Waals surface area contributed by atoms with Crippen LogP contribution in [-0.2, 0) is 9.53 Å². The van der Waals surface area contributed by atoms with Gasteiger partial charge in [-0.2, -0.15) is 0 Å². The number of carbonyl (C=O) groups excluding carboxylic acids is 1. The predicted octanol–water partition coefficient (Wildman–Crippen LogP) is 0.575. The van der Waals surface area contributed by atoms with Crippen LogP contribution < -0.4 is 0 Å². The summed E-state index contributed by atoms with van der Waals surface area (Å²) in [6.07, 6.45) is 2.15. The summed E-state index contributed by atoms with van der Waals surface area (Å²) in [6, 6.07) is 0. The van der Waals surface area contributed by atoms with Gasteiger partial charge in [0.1, 0.15) is 0 Å². The van der Waals surface area contributed by atoms with Gasteiger partial charge in [0.2, 0.25) is 6.41 Å². The Bertz CT molecular complexity index is 193. The first kappa shape index (κ1) is 12.5. The molecule has 2 rings (SSSR count). The standard InChI is InChI=1S/C6H12N2O.C5H10O/c1-7-2-4-8(6-9)5-3-7;1-5(2)3-4-6-5/h6H,2-5H2,1H3;3-4H2,1-2H3. The lowest BCUT2D eigenvalue weighted by molar-refractivity contribution is -0.120. The zero-order valence-electron chi connectivity index (χ0n) is 10.0. The number of rotatable bonds is 1. The smallest absolute Gasteiger partial charge is 0.209 e. The molecule has 88 valence electrons. The number of piperazine rings is 1. The molecular weight excluding hydrogens is 192 g/mol. The number of amides is 1. The van der Waals surface area contributed by atoms with Gasteiger partial charge in [0.15, 0.2) is 0 Å². The maximum Gasteiger partial charge on any atom is 0.209 e. The van der Waals surface area contributed by atoms with E-state index in [0.29, 0.717) is 0 Å². The van der Waals surface area contributed by atoms with Crippen LogP contribution in [0.5, 0.6) is 0 Å². The van der Waals surface area contributed by atoms with Crippen LogP contribution in [0, 0.1) is 0 Å². The highest BCUT2D eigenvalue weighted by molar-refractivity contribution is 5.47. The van der Waals surface area contributed by atoms with Gasteiger partial charge < -0.3 is 14.5 Å². The molecule has 0 atom stereocenters. The Balaban J connectivity index is 0.000000162. The lowest BCUT2D eigenvalue weighted by Gasteiger charge is -2.34. The van der Waals surface area contributed by atoms with E-state index in [-0.39, 0.29) is 5.60 Å². The van der Waals surface area contributed by atoms with Gasteiger partial charge in [0.25, 0.3) is 0 Å². The number of carbonyl (C=O) groups is 1. The molecule has 0 N–H and O–H groups in total. The van der Waals surface area contributed by atoms with E-state index in [1.807, 2.05) is 0 Å². The second-order valence-electron chi connectivity index (χ2n) is 4.80. The molecule has 0 aromatic carbocycles. The van der Waals surface area contributed by atoms with E-state index < -0.39 is 0 Å². The fourth-order valence-electron chi connectivity index (χ4n) is 1.44. The van der Waals surface area contributed by atoms with Crippen molar-refractivity contribution in [1.29, 1.82) is 0 Å². The van der Waals surface area contributed by atoms with Crippen LogP contribution in [0.2, 0.25) is 0 Å². The summed E-state index contributed by atoms with van der Waals surface area (Å²) in [7, 11) is 2.07. The van der Waals surface area contributed by atoms with Gasteiger partial charge in [0, 0.05) is 26.2 Å². The number of hydrogen-bond donors (Lipinski definition) is 0. The molecule has 4 nitrogen and oxygen atoms in total. The minimum absolute atomic E-state index is 0.222. The third-order valence-corrected chi connectivity index (χ3v) is 2.88. The van der Waals surface area contributed by atoms with Crippen molar-refractivity contribution in [2.75, 3.05) is 39.8 Å². The fraction of sp³-hybridized carbons (Fsp3) is 0.909. The summed E-state index contributed by atoms with van der Waals surface area (Å²) in [5.74, 6) is 0. The Kier molecular flexibility index (Phi) is 4.54. The molecule has 0 bridgehead atoms. The average molecular weight is 214 g/mol. The first-order valence-electron chi connectivity index (χ1n) is 5.55. The van der Waals surface area contributed by atoms with E-state index in [2.05, 4.69) is 25.8 Å². The Hall–Kier alpha value is -0.610. The molecule has 0 spiro atoms. The lowest BCUT2D eigenvalue weighted by Crippen LogP contribution is -2.43. The highest BCUT2D eigenvalue weighted by Gasteiger charge is 2.26. The van der Waals surface area contributed by atoms with Crippen molar-refractivity contribution in [3.05, 3.63) is 0 Å². The summed E-state index contributed by atoms with van der Waals surface area (Å²) in [4.78, 5) is 14.2. The Morgan fingerprint density at radius 1 is 1.20 bits per heavy atom. The molecule has 15 heavy (non-hydrogen) atoms. The molecule has 0 aromatic heterocycles. The molecule has 1 amide bonds.